The first kappa shape index (κ1) is 14.3. The molecule has 1 aromatic carbocycles. The maximum absolute atomic E-state index is 7.97. The molecule has 0 amide bonds. The lowest BCUT2D eigenvalue weighted by atomic mass is 9.98. The van der Waals surface area contributed by atoms with Crippen LogP contribution in [0.3, 0.4) is 0 Å². The van der Waals surface area contributed by atoms with Crippen LogP contribution in [0.25, 0.3) is 5.57 Å². The largest absolute Gasteiger partial charge is 0.398 e. The molecule has 0 aromatic heterocycles. The number of nitrogens with one attached hydrogen (secondary N) is 1. The molecule has 18 heavy (non-hydrogen) atoms. The lowest BCUT2D eigenvalue weighted by Crippen LogP contribution is -2.35. The normalized spacial score (nSPS) is 13.8. The molecule has 0 aliphatic heterocycles. The van der Waals surface area contributed by atoms with E-state index in [2.05, 4.69) is 0 Å². The quantitative estimate of drug-likeness (QED) is 0.433. The second kappa shape index (κ2) is 5.69. The van der Waals surface area contributed by atoms with E-state index < -0.39 is 0 Å². The third-order valence-corrected chi connectivity index (χ3v) is 3.11. The molecule has 0 saturated heterocycles. The maximum atomic E-state index is 7.97. The zero-order valence-electron chi connectivity index (χ0n) is 11.5. The standard InChI is InChI=1S/C14H22N4/c1-9(15)14(10(2)18(4)11(3)16)12-7-5-6-8-13(12)17/h5-8,11,15H,16-17H2,1-4H3/b14-10+,15-9?. The second-order valence-corrected chi connectivity index (χ2v) is 4.52. The smallest absolute Gasteiger partial charge is 0.0736 e. The van der Waals surface area contributed by atoms with E-state index in [0.717, 1.165) is 16.8 Å². The fourth-order valence-electron chi connectivity index (χ4n) is 1.87. The number of benzene rings is 1. The van der Waals surface area contributed by atoms with Gasteiger partial charge in [0.1, 0.15) is 0 Å². The summed E-state index contributed by atoms with van der Waals surface area (Å²) < 4.78 is 0. The molecule has 0 heterocycles. The Labute approximate surface area is 109 Å². The van der Waals surface area contributed by atoms with Gasteiger partial charge in [0.05, 0.1) is 6.17 Å². The van der Waals surface area contributed by atoms with Gasteiger partial charge in [-0.2, -0.15) is 0 Å². The summed E-state index contributed by atoms with van der Waals surface area (Å²) in [6.07, 6.45) is -0.107. The Hall–Kier alpha value is -1.81. The van der Waals surface area contributed by atoms with Crippen LogP contribution < -0.4 is 11.5 Å². The third kappa shape index (κ3) is 2.90. The first-order valence-corrected chi connectivity index (χ1v) is 5.96. The number of allylic oxidation sites excluding steroid dienone is 2. The molecule has 0 aliphatic carbocycles. The molecule has 0 aliphatic rings. The van der Waals surface area contributed by atoms with Gasteiger partial charge in [-0.3, -0.25) is 0 Å². The van der Waals surface area contributed by atoms with Crippen molar-refractivity contribution in [2.45, 2.75) is 26.9 Å². The molecule has 0 fully saturated rings. The van der Waals surface area contributed by atoms with Gasteiger partial charge in [0.2, 0.25) is 0 Å². The van der Waals surface area contributed by atoms with E-state index in [-0.39, 0.29) is 6.17 Å². The Morgan fingerprint density at radius 3 is 2.28 bits per heavy atom. The van der Waals surface area contributed by atoms with Crippen LogP contribution in [-0.2, 0) is 0 Å². The Balaban J connectivity index is 3.40. The highest BCUT2D eigenvalue weighted by atomic mass is 15.2. The molecule has 0 saturated carbocycles. The summed E-state index contributed by atoms with van der Waals surface area (Å²) in [6, 6.07) is 7.59. The Morgan fingerprint density at radius 2 is 1.83 bits per heavy atom. The van der Waals surface area contributed by atoms with Gasteiger partial charge in [-0.05, 0) is 26.8 Å². The van der Waals surface area contributed by atoms with Crippen molar-refractivity contribution in [2.24, 2.45) is 5.73 Å². The van der Waals surface area contributed by atoms with Crippen molar-refractivity contribution in [3.05, 3.63) is 35.5 Å². The van der Waals surface area contributed by atoms with E-state index in [1.54, 1.807) is 6.92 Å². The van der Waals surface area contributed by atoms with E-state index in [4.69, 9.17) is 16.9 Å². The van der Waals surface area contributed by atoms with E-state index in [0.29, 0.717) is 11.4 Å². The van der Waals surface area contributed by atoms with Gasteiger partial charge in [0, 0.05) is 35.3 Å². The van der Waals surface area contributed by atoms with Gasteiger partial charge in [-0.1, -0.05) is 18.2 Å². The van der Waals surface area contributed by atoms with Gasteiger partial charge in [0.15, 0.2) is 0 Å². The number of nitrogens with two attached hydrogens (primary N) is 2. The summed E-state index contributed by atoms with van der Waals surface area (Å²) in [5.41, 5.74) is 15.7. The minimum absolute atomic E-state index is 0.107. The molecule has 0 radical (unpaired) electrons. The summed E-state index contributed by atoms with van der Waals surface area (Å²) in [7, 11) is 1.92. The lowest BCUT2D eigenvalue weighted by Gasteiger charge is -2.27. The average molecular weight is 246 g/mol. The van der Waals surface area contributed by atoms with Crippen molar-refractivity contribution in [1.29, 1.82) is 5.41 Å². The van der Waals surface area contributed by atoms with Crippen molar-refractivity contribution in [3.8, 4) is 0 Å². The first-order valence-electron chi connectivity index (χ1n) is 5.96. The first-order chi connectivity index (χ1) is 8.36. The average Bonchev–Trinajstić information content (AvgIpc) is 2.30. The molecule has 0 spiro atoms. The molecule has 5 N–H and O–H groups in total. The zero-order chi connectivity index (χ0) is 13.9. The zero-order valence-corrected chi connectivity index (χ0v) is 11.5. The predicted molar refractivity (Wildman–Crippen MR) is 78.3 cm³/mol. The second-order valence-electron chi connectivity index (χ2n) is 4.52. The van der Waals surface area contributed by atoms with Crippen LogP contribution in [0.15, 0.2) is 30.0 Å². The van der Waals surface area contributed by atoms with Crippen LogP contribution in [0.4, 0.5) is 5.69 Å². The number of hydrogen-bond acceptors (Lipinski definition) is 4. The number of para-hydroxylation sites is 1. The highest BCUT2D eigenvalue weighted by Gasteiger charge is 2.15. The molecular weight excluding hydrogens is 224 g/mol. The van der Waals surface area contributed by atoms with Crippen molar-refractivity contribution >= 4 is 17.0 Å². The van der Waals surface area contributed by atoms with E-state index in [1.165, 1.54) is 0 Å². The fraction of sp³-hybridized carbons (Fsp3) is 0.357. The van der Waals surface area contributed by atoms with Crippen molar-refractivity contribution in [2.75, 3.05) is 12.8 Å². The molecule has 1 aromatic rings. The summed E-state index contributed by atoms with van der Waals surface area (Å²) in [6.45, 7) is 5.64. The molecule has 98 valence electrons. The van der Waals surface area contributed by atoms with Crippen molar-refractivity contribution < 1.29 is 0 Å². The number of hydrogen-bond donors (Lipinski definition) is 3. The molecule has 1 unspecified atom stereocenters. The maximum Gasteiger partial charge on any atom is 0.0736 e. The third-order valence-electron chi connectivity index (χ3n) is 3.11. The van der Waals surface area contributed by atoms with Gasteiger partial charge < -0.3 is 21.8 Å². The van der Waals surface area contributed by atoms with Crippen molar-refractivity contribution in [3.63, 3.8) is 0 Å². The number of nitrogens with zero attached hydrogens (tertiary/aromatic N) is 1. The van der Waals surface area contributed by atoms with E-state index >= 15 is 0 Å². The lowest BCUT2D eigenvalue weighted by molar-refractivity contribution is 0.334. The van der Waals surface area contributed by atoms with Crippen LogP contribution >= 0.6 is 0 Å². The number of nitrogen functional groups attached to an aromatic ring is 1. The van der Waals surface area contributed by atoms with Gasteiger partial charge in [-0.25, -0.2) is 0 Å². The SMILES string of the molecule is CC(=N)/C(=C(/C)N(C)C(C)N)c1ccccc1N. The van der Waals surface area contributed by atoms with Crippen LogP contribution in [-0.4, -0.2) is 23.8 Å². The van der Waals surface area contributed by atoms with Crippen LogP contribution in [0, 0.1) is 5.41 Å². The minimum Gasteiger partial charge on any atom is -0.398 e. The summed E-state index contributed by atoms with van der Waals surface area (Å²) in [5.74, 6) is 0. The topological polar surface area (TPSA) is 79.1 Å². The summed E-state index contributed by atoms with van der Waals surface area (Å²) >= 11 is 0. The molecule has 1 rings (SSSR count). The summed E-state index contributed by atoms with van der Waals surface area (Å²) in [5, 5.41) is 7.97. The minimum atomic E-state index is -0.107. The van der Waals surface area contributed by atoms with Crippen LogP contribution in [0.1, 0.15) is 26.3 Å². The van der Waals surface area contributed by atoms with Crippen molar-refractivity contribution in [1.82, 2.24) is 4.90 Å². The van der Waals surface area contributed by atoms with Crippen LogP contribution in [0.5, 0.6) is 0 Å². The number of anilines is 1. The Bertz CT molecular complexity index is 474. The Morgan fingerprint density at radius 1 is 1.28 bits per heavy atom. The van der Waals surface area contributed by atoms with E-state index in [9.17, 15) is 0 Å². The predicted octanol–water partition coefficient (Wildman–Crippen LogP) is 2.28. The molecule has 1 atom stereocenters. The van der Waals surface area contributed by atoms with E-state index in [1.807, 2.05) is 50.1 Å². The summed E-state index contributed by atoms with van der Waals surface area (Å²) in [4.78, 5) is 1.94. The van der Waals surface area contributed by atoms with Gasteiger partial charge in [-0.15, -0.1) is 0 Å². The van der Waals surface area contributed by atoms with Gasteiger partial charge in [0.25, 0.3) is 0 Å². The molecule has 0 bridgehead atoms. The number of rotatable bonds is 4. The molecule has 4 nitrogen and oxygen atoms in total. The monoisotopic (exact) mass is 246 g/mol. The highest BCUT2D eigenvalue weighted by Crippen LogP contribution is 2.26. The fourth-order valence-corrected chi connectivity index (χ4v) is 1.87. The molecular formula is C14H22N4. The highest BCUT2D eigenvalue weighted by molar-refractivity contribution is 6.23. The Kier molecular flexibility index (Phi) is 4.50. The van der Waals surface area contributed by atoms with Gasteiger partial charge >= 0.3 is 0 Å². The van der Waals surface area contributed by atoms with Crippen LogP contribution in [0.2, 0.25) is 0 Å². The molecule has 4 heteroatoms.